The van der Waals surface area contributed by atoms with E-state index in [-0.39, 0.29) is 12.6 Å². The van der Waals surface area contributed by atoms with Crippen molar-refractivity contribution < 1.29 is 17.9 Å². The molecule has 1 atom stereocenters. The second-order valence-electron chi connectivity index (χ2n) is 4.25. The Morgan fingerprint density at radius 1 is 1.47 bits per heavy atom. The molecule has 0 aromatic carbocycles. The van der Waals surface area contributed by atoms with Crippen LogP contribution in [0.1, 0.15) is 12.1 Å². The van der Waals surface area contributed by atoms with Gasteiger partial charge in [0.1, 0.15) is 6.61 Å². The molecule has 0 aliphatic carbocycles. The second-order valence-corrected chi connectivity index (χ2v) is 5.12. The number of hydrogen-bond acceptors (Lipinski definition) is 4. The van der Waals surface area contributed by atoms with Crippen molar-refractivity contribution in [1.82, 2.24) is 9.38 Å². The van der Waals surface area contributed by atoms with Gasteiger partial charge in [0.15, 0.2) is 4.96 Å². The number of ether oxygens (including phenoxy) is 1. The van der Waals surface area contributed by atoms with Crippen LogP contribution in [-0.4, -0.2) is 34.8 Å². The molecule has 0 bridgehead atoms. The maximum absolute atomic E-state index is 11.8. The molecule has 2 aromatic heterocycles. The first-order valence-electron chi connectivity index (χ1n) is 5.75. The summed E-state index contributed by atoms with van der Waals surface area (Å²) in [6.45, 7) is -1.22. The van der Waals surface area contributed by atoms with E-state index >= 15 is 0 Å². The second kappa shape index (κ2) is 5.89. The monoisotopic (exact) mass is 293 g/mol. The molecule has 106 valence electrons. The van der Waals surface area contributed by atoms with Crippen molar-refractivity contribution in [2.75, 3.05) is 13.2 Å². The summed E-state index contributed by atoms with van der Waals surface area (Å²) in [4.78, 5) is 5.25. The van der Waals surface area contributed by atoms with E-state index in [2.05, 4.69) is 9.72 Å². The molecular weight excluding hydrogens is 279 g/mol. The van der Waals surface area contributed by atoms with Crippen LogP contribution in [-0.2, 0) is 11.2 Å². The van der Waals surface area contributed by atoms with Gasteiger partial charge in [-0.05, 0) is 6.42 Å². The zero-order valence-corrected chi connectivity index (χ0v) is 10.9. The topological polar surface area (TPSA) is 52.5 Å². The van der Waals surface area contributed by atoms with Gasteiger partial charge >= 0.3 is 6.18 Å². The first-order chi connectivity index (χ1) is 8.94. The molecule has 0 radical (unpaired) electrons. The molecule has 0 amide bonds. The summed E-state index contributed by atoms with van der Waals surface area (Å²) in [6.07, 6.45) is 0.403. The van der Waals surface area contributed by atoms with Gasteiger partial charge in [0, 0.05) is 36.8 Å². The molecule has 4 nitrogen and oxygen atoms in total. The van der Waals surface area contributed by atoms with E-state index in [1.807, 2.05) is 22.2 Å². The summed E-state index contributed by atoms with van der Waals surface area (Å²) in [5.74, 6) is 0. The van der Waals surface area contributed by atoms with Gasteiger partial charge in [-0.25, -0.2) is 4.98 Å². The summed E-state index contributed by atoms with van der Waals surface area (Å²) in [7, 11) is 0. The van der Waals surface area contributed by atoms with Crippen molar-refractivity contribution in [3.63, 3.8) is 0 Å². The highest BCUT2D eigenvalue weighted by Crippen LogP contribution is 2.15. The van der Waals surface area contributed by atoms with Gasteiger partial charge < -0.3 is 10.5 Å². The van der Waals surface area contributed by atoms with Gasteiger partial charge in [-0.15, -0.1) is 11.3 Å². The van der Waals surface area contributed by atoms with Crippen molar-refractivity contribution in [2.45, 2.75) is 25.1 Å². The van der Waals surface area contributed by atoms with Crippen LogP contribution in [0.15, 0.2) is 17.8 Å². The average Bonchev–Trinajstić information content (AvgIpc) is 2.83. The standard InChI is InChI=1S/C11H14F3N3OS/c12-11(13,14)7-18-3-1-8(15)5-9-6-17-2-4-19-10(17)16-9/h2,4,6,8H,1,3,5,7,15H2. The maximum Gasteiger partial charge on any atom is 0.411 e. The van der Waals surface area contributed by atoms with Crippen LogP contribution in [0.5, 0.6) is 0 Å². The lowest BCUT2D eigenvalue weighted by Crippen LogP contribution is -2.26. The van der Waals surface area contributed by atoms with E-state index < -0.39 is 12.8 Å². The van der Waals surface area contributed by atoms with Crippen LogP contribution in [0.25, 0.3) is 4.96 Å². The molecule has 19 heavy (non-hydrogen) atoms. The number of fused-ring (bicyclic) bond motifs is 1. The number of nitrogens with zero attached hydrogens (tertiary/aromatic N) is 2. The zero-order chi connectivity index (χ0) is 13.9. The highest BCUT2D eigenvalue weighted by atomic mass is 32.1. The lowest BCUT2D eigenvalue weighted by Gasteiger charge is -2.11. The number of alkyl halides is 3. The Bertz CT molecular complexity index is 494. The summed E-state index contributed by atoms with van der Waals surface area (Å²) < 4.78 is 41.9. The zero-order valence-electron chi connectivity index (χ0n) is 10.1. The summed E-state index contributed by atoms with van der Waals surface area (Å²) in [6, 6.07) is -0.252. The van der Waals surface area contributed by atoms with Gasteiger partial charge in [-0.1, -0.05) is 0 Å². The molecule has 0 fully saturated rings. The largest absolute Gasteiger partial charge is 0.411 e. The minimum absolute atomic E-state index is 0.00287. The van der Waals surface area contributed by atoms with Crippen LogP contribution in [0, 0.1) is 0 Å². The predicted molar refractivity (Wildman–Crippen MR) is 66.2 cm³/mol. The molecule has 0 saturated carbocycles. The molecule has 2 rings (SSSR count). The number of imidazole rings is 1. The normalized spacial score (nSPS) is 14.1. The molecule has 2 N–H and O–H groups in total. The fraction of sp³-hybridized carbons (Fsp3) is 0.545. The lowest BCUT2D eigenvalue weighted by molar-refractivity contribution is -0.174. The Labute approximate surface area is 112 Å². The molecule has 0 aliphatic heterocycles. The van der Waals surface area contributed by atoms with Crippen LogP contribution in [0.2, 0.25) is 0 Å². The Hall–Kier alpha value is -1.12. The third-order valence-electron chi connectivity index (χ3n) is 2.51. The molecule has 0 aliphatic rings. The molecule has 2 heterocycles. The molecule has 0 spiro atoms. The fourth-order valence-electron chi connectivity index (χ4n) is 1.67. The number of rotatable bonds is 6. The number of aromatic nitrogens is 2. The third kappa shape index (κ3) is 4.48. The summed E-state index contributed by atoms with van der Waals surface area (Å²) >= 11 is 1.52. The van der Waals surface area contributed by atoms with E-state index in [1.54, 1.807) is 0 Å². The minimum atomic E-state index is -4.28. The first-order valence-corrected chi connectivity index (χ1v) is 6.63. The number of thiazole rings is 1. The molecule has 8 heteroatoms. The molecule has 0 saturated heterocycles. The Morgan fingerprint density at radius 3 is 2.95 bits per heavy atom. The lowest BCUT2D eigenvalue weighted by atomic mass is 10.1. The Balaban J connectivity index is 1.72. The Morgan fingerprint density at radius 2 is 2.26 bits per heavy atom. The number of nitrogens with two attached hydrogens (primary N) is 1. The predicted octanol–water partition coefficient (Wildman–Crippen LogP) is 2.23. The molecule has 1 unspecified atom stereocenters. The highest BCUT2D eigenvalue weighted by molar-refractivity contribution is 7.15. The van der Waals surface area contributed by atoms with Gasteiger partial charge in [0.25, 0.3) is 0 Å². The van der Waals surface area contributed by atoms with Crippen LogP contribution in [0.3, 0.4) is 0 Å². The van der Waals surface area contributed by atoms with Gasteiger partial charge in [0.2, 0.25) is 0 Å². The van der Waals surface area contributed by atoms with Crippen LogP contribution >= 0.6 is 11.3 Å². The van der Waals surface area contributed by atoms with Crippen molar-refractivity contribution >= 4 is 16.3 Å². The Kier molecular flexibility index (Phi) is 4.43. The van der Waals surface area contributed by atoms with E-state index in [4.69, 9.17) is 5.73 Å². The SMILES string of the molecule is NC(CCOCC(F)(F)F)Cc1cn2ccsc2n1. The summed E-state index contributed by atoms with van der Waals surface area (Å²) in [5, 5.41) is 1.93. The van der Waals surface area contributed by atoms with Crippen molar-refractivity contribution in [3.8, 4) is 0 Å². The quantitative estimate of drug-likeness (QED) is 0.831. The fourth-order valence-corrected chi connectivity index (χ4v) is 2.39. The van der Waals surface area contributed by atoms with Crippen LogP contribution in [0.4, 0.5) is 13.2 Å². The maximum atomic E-state index is 11.8. The smallest absolute Gasteiger partial charge is 0.372 e. The molecular formula is C11H14F3N3OS. The first kappa shape index (κ1) is 14.3. The van der Waals surface area contributed by atoms with Crippen molar-refractivity contribution in [3.05, 3.63) is 23.5 Å². The summed E-state index contributed by atoms with van der Waals surface area (Å²) in [5.41, 5.74) is 6.68. The van der Waals surface area contributed by atoms with Crippen molar-refractivity contribution in [1.29, 1.82) is 0 Å². The molecule has 2 aromatic rings. The minimum Gasteiger partial charge on any atom is -0.372 e. The number of hydrogen-bond donors (Lipinski definition) is 1. The highest BCUT2D eigenvalue weighted by Gasteiger charge is 2.27. The number of halogens is 3. The van der Waals surface area contributed by atoms with E-state index in [9.17, 15) is 13.2 Å². The van der Waals surface area contributed by atoms with Gasteiger partial charge in [-0.3, -0.25) is 4.40 Å². The third-order valence-corrected chi connectivity index (χ3v) is 3.28. The average molecular weight is 293 g/mol. The van der Waals surface area contributed by atoms with Crippen molar-refractivity contribution in [2.24, 2.45) is 5.73 Å². The van der Waals surface area contributed by atoms with E-state index in [1.165, 1.54) is 11.3 Å². The van der Waals surface area contributed by atoms with Gasteiger partial charge in [0.05, 0.1) is 5.69 Å². The van der Waals surface area contributed by atoms with E-state index in [0.717, 1.165) is 10.7 Å². The van der Waals surface area contributed by atoms with Crippen LogP contribution < -0.4 is 5.73 Å². The van der Waals surface area contributed by atoms with E-state index in [0.29, 0.717) is 12.8 Å². The van der Waals surface area contributed by atoms with Gasteiger partial charge in [-0.2, -0.15) is 13.2 Å².